The molecule has 0 N–H and O–H groups in total. The van der Waals surface area contributed by atoms with Crippen LogP contribution in [0, 0.1) is 0 Å². The summed E-state index contributed by atoms with van der Waals surface area (Å²) >= 11 is 0. The van der Waals surface area contributed by atoms with Gasteiger partial charge in [-0.05, 0) is 42.8 Å². The third-order valence-electron chi connectivity index (χ3n) is 3.68. The van der Waals surface area contributed by atoms with Crippen LogP contribution in [-0.4, -0.2) is 12.6 Å². The average molecular weight is 438 g/mol. The van der Waals surface area contributed by atoms with Crippen LogP contribution >= 0.6 is 8.60 Å². The van der Waals surface area contributed by atoms with Gasteiger partial charge in [0.1, 0.15) is 17.2 Å². The van der Waals surface area contributed by atoms with E-state index in [9.17, 15) is 4.79 Å². The molecule has 3 aromatic carbocycles. The lowest BCUT2D eigenvalue weighted by Gasteiger charge is -2.17. The Labute approximate surface area is 185 Å². The number of benzene rings is 3. The van der Waals surface area contributed by atoms with E-state index in [1.165, 1.54) is 6.08 Å². The van der Waals surface area contributed by atoms with E-state index >= 15 is 0 Å². The Bertz CT molecular complexity index is 774. The number of carbonyl (C=O) groups is 1. The maximum absolute atomic E-state index is 10.3. The van der Waals surface area contributed by atoms with Gasteiger partial charge in [-0.1, -0.05) is 74.5 Å². The van der Waals surface area contributed by atoms with Crippen molar-refractivity contribution in [3.8, 4) is 17.2 Å². The van der Waals surface area contributed by atoms with Gasteiger partial charge in [0.05, 0.1) is 6.61 Å². The molecule has 0 bridgehead atoms. The first-order chi connectivity index (χ1) is 15.2. The molecule has 0 radical (unpaired) electrons. The molecule has 0 heterocycles. The van der Waals surface area contributed by atoms with Crippen molar-refractivity contribution in [2.75, 3.05) is 6.61 Å². The highest BCUT2D eigenvalue weighted by atomic mass is 31.2. The Balaban J connectivity index is 0.000000323. The zero-order valence-electron chi connectivity index (χ0n) is 17.6. The standard InChI is InChI=1S/C18H15O3P.C7H12O2/c1-4-10-16(11-5-1)19-22(20-17-12-6-2-7-13-17)21-18-14-8-3-9-15-18;1-3-5-6-9-7(8)4-2/h1-15H;4H,2-3,5-6H2,1H3. The molecule has 0 saturated heterocycles. The van der Waals surface area contributed by atoms with Gasteiger partial charge < -0.3 is 18.3 Å². The highest BCUT2D eigenvalue weighted by Gasteiger charge is 2.19. The molecule has 6 heteroatoms. The average Bonchev–Trinajstić information content (AvgIpc) is 2.81. The second-order valence-electron chi connectivity index (χ2n) is 6.16. The van der Waals surface area contributed by atoms with E-state index in [1.54, 1.807) is 0 Å². The van der Waals surface area contributed by atoms with Crippen LogP contribution in [0.1, 0.15) is 19.8 Å². The SMILES string of the molecule is C=CC(=O)OCCCC.c1ccc(OP(Oc2ccccc2)Oc2ccccc2)cc1. The fourth-order valence-corrected chi connectivity index (χ4v) is 3.13. The van der Waals surface area contributed by atoms with Crippen LogP contribution in [0.4, 0.5) is 0 Å². The van der Waals surface area contributed by atoms with Gasteiger partial charge in [-0.25, -0.2) is 4.79 Å². The van der Waals surface area contributed by atoms with Crippen molar-refractivity contribution in [1.29, 1.82) is 0 Å². The summed E-state index contributed by atoms with van der Waals surface area (Å²) in [6, 6.07) is 28.5. The number of hydrogen-bond donors (Lipinski definition) is 0. The predicted octanol–water partition coefficient (Wildman–Crippen LogP) is 6.97. The summed E-state index contributed by atoms with van der Waals surface area (Å²) in [5.74, 6) is 1.80. The minimum absolute atomic E-state index is 0.330. The molecule has 0 spiro atoms. The highest BCUT2D eigenvalue weighted by molar-refractivity contribution is 7.43. The molecule has 0 fully saturated rings. The van der Waals surface area contributed by atoms with Crippen molar-refractivity contribution in [3.63, 3.8) is 0 Å². The molecular formula is C25H27O5P. The summed E-state index contributed by atoms with van der Waals surface area (Å²) in [6.07, 6.45) is 3.15. The van der Waals surface area contributed by atoms with Crippen LogP contribution in [0.15, 0.2) is 104 Å². The highest BCUT2D eigenvalue weighted by Crippen LogP contribution is 2.41. The predicted molar refractivity (Wildman–Crippen MR) is 124 cm³/mol. The monoisotopic (exact) mass is 438 g/mol. The van der Waals surface area contributed by atoms with Crippen LogP contribution in [0.25, 0.3) is 0 Å². The van der Waals surface area contributed by atoms with E-state index in [0.29, 0.717) is 23.9 Å². The first-order valence-electron chi connectivity index (χ1n) is 9.99. The molecule has 0 aliphatic heterocycles. The molecule has 31 heavy (non-hydrogen) atoms. The van der Waals surface area contributed by atoms with E-state index < -0.39 is 8.60 Å². The summed E-state index contributed by atoms with van der Waals surface area (Å²) in [5, 5.41) is 0. The molecule has 0 aromatic heterocycles. The van der Waals surface area contributed by atoms with Gasteiger partial charge in [-0.2, -0.15) is 0 Å². The number of unbranched alkanes of at least 4 members (excludes halogenated alkanes) is 1. The van der Waals surface area contributed by atoms with Crippen molar-refractivity contribution in [1.82, 2.24) is 0 Å². The van der Waals surface area contributed by atoms with Crippen LogP contribution < -0.4 is 13.6 Å². The lowest BCUT2D eigenvalue weighted by molar-refractivity contribution is -0.137. The van der Waals surface area contributed by atoms with E-state index in [2.05, 4.69) is 11.3 Å². The normalized spacial score (nSPS) is 9.74. The first kappa shape index (κ1) is 24.0. The first-order valence-corrected chi connectivity index (χ1v) is 11.1. The van der Waals surface area contributed by atoms with Gasteiger partial charge in [0.15, 0.2) is 0 Å². The molecular weight excluding hydrogens is 411 g/mol. The molecule has 162 valence electrons. The minimum atomic E-state index is -1.59. The second kappa shape index (κ2) is 14.6. The van der Waals surface area contributed by atoms with Crippen molar-refractivity contribution in [2.24, 2.45) is 0 Å². The van der Waals surface area contributed by atoms with E-state index in [1.807, 2.05) is 97.9 Å². The zero-order chi connectivity index (χ0) is 22.2. The van der Waals surface area contributed by atoms with Crippen LogP contribution in [0.2, 0.25) is 0 Å². The Morgan fingerprint density at radius 1 is 0.774 bits per heavy atom. The molecule has 0 saturated carbocycles. The number of rotatable bonds is 10. The fraction of sp³-hybridized carbons (Fsp3) is 0.160. The summed E-state index contributed by atoms with van der Waals surface area (Å²) in [5.41, 5.74) is 0. The smallest absolute Gasteiger partial charge is 0.463 e. The molecule has 0 unspecified atom stereocenters. The fourth-order valence-electron chi connectivity index (χ4n) is 2.13. The minimum Gasteiger partial charge on any atom is -0.463 e. The topological polar surface area (TPSA) is 54.0 Å². The van der Waals surface area contributed by atoms with Gasteiger partial charge in [0.25, 0.3) is 0 Å². The van der Waals surface area contributed by atoms with E-state index in [4.69, 9.17) is 13.6 Å². The maximum Gasteiger partial charge on any atom is 0.530 e. The van der Waals surface area contributed by atoms with Gasteiger partial charge >= 0.3 is 14.6 Å². The molecule has 3 rings (SSSR count). The molecule has 0 aliphatic carbocycles. The third kappa shape index (κ3) is 10.3. The molecule has 0 atom stereocenters. The second-order valence-corrected chi connectivity index (χ2v) is 7.16. The number of para-hydroxylation sites is 3. The number of ether oxygens (including phenoxy) is 1. The Morgan fingerprint density at radius 3 is 1.48 bits per heavy atom. The van der Waals surface area contributed by atoms with E-state index in [-0.39, 0.29) is 5.97 Å². The van der Waals surface area contributed by atoms with Crippen LogP contribution in [0.5, 0.6) is 17.2 Å². The zero-order valence-corrected chi connectivity index (χ0v) is 18.4. The van der Waals surface area contributed by atoms with Gasteiger partial charge in [0.2, 0.25) is 0 Å². The lowest BCUT2D eigenvalue weighted by atomic mass is 10.3. The molecule has 0 aliphatic rings. The van der Waals surface area contributed by atoms with Gasteiger partial charge in [-0.15, -0.1) is 0 Å². The largest absolute Gasteiger partial charge is 0.530 e. The van der Waals surface area contributed by atoms with Crippen molar-refractivity contribution < 1.29 is 23.1 Å². The van der Waals surface area contributed by atoms with Gasteiger partial charge in [-0.3, -0.25) is 0 Å². The molecule has 5 nitrogen and oxygen atoms in total. The van der Waals surface area contributed by atoms with Crippen molar-refractivity contribution in [2.45, 2.75) is 19.8 Å². The summed E-state index contributed by atoms with van der Waals surface area (Å²) in [7, 11) is -1.59. The summed E-state index contributed by atoms with van der Waals surface area (Å²) < 4.78 is 22.2. The van der Waals surface area contributed by atoms with Crippen LogP contribution in [-0.2, 0) is 9.53 Å². The lowest BCUT2D eigenvalue weighted by Crippen LogP contribution is -2.02. The van der Waals surface area contributed by atoms with Crippen molar-refractivity contribution >= 4 is 14.6 Å². The molecule has 3 aromatic rings. The number of esters is 1. The Hall–Kier alpha value is -3.30. The third-order valence-corrected chi connectivity index (χ3v) is 4.76. The molecule has 0 amide bonds. The van der Waals surface area contributed by atoms with Gasteiger partial charge in [0, 0.05) is 6.08 Å². The van der Waals surface area contributed by atoms with Crippen molar-refractivity contribution in [3.05, 3.63) is 104 Å². The summed E-state index contributed by atoms with van der Waals surface area (Å²) in [6.45, 7) is 5.82. The number of hydrogen-bond acceptors (Lipinski definition) is 5. The maximum atomic E-state index is 10.3. The summed E-state index contributed by atoms with van der Waals surface area (Å²) in [4.78, 5) is 10.3. The Morgan fingerprint density at radius 2 is 1.16 bits per heavy atom. The quantitative estimate of drug-likeness (QED) is 0.148. The van der Waals surface area contributed by atoms with E-state index in [0.717, 1.165) is 12.8 Å². The van der Waals surface area contributed by atoms with Crippen LogP contribution in [0.3, 0.4) is 0 Å². The number of carbonyl (C=O) groups excluding carboxylic acids is 1. The Kier molecular flexibility index (Phi) is 11.3.